The predicted octanol–water partition coefficient (Wildman–Crippen LogP) is 2.97. The molecule has 2 aromatic carbocycles. The molecule has 1 aliphatic heterocycles. The van der Waals surface area contributed by atoms with Crippen LogP contribution in [-0.4, -0.2) is 29.0 Å². The lowest BCUT2D eigenvalue weighted by Gasteiger charge is -2.16. The lowest BCUT2D eigenvalue weighted by molar-refractivity contribution is -0.129. The molecule has 1 fully saturated rings. The lowest BCUT2D eigenvalue weighted by Crippen LogP contribution is -2.30. The van der Waals surface area contributed by atoms with Gasteiger partial charge in [0.1, 0.15) is 0 Å². The van der Waals surface area contributed by atoms with E-state index in [0.717, 1.165) is 16.8 Å². The van der Waals surface area contributed by atoms with Crippen LogP contribution in [0.15, 0.2) is 65.8 Å². The number of benzene rings is 2. The second-order valence-corrected chi connectivity index (χ2v) is 6.42. The Bertz CT molecular complexity index is 787. The summed E-state index contributed by atoms with van der Waals surface area (Å²) >= 11 is 0. The molecule has 1 atom stereocenters. The molecule has 1 N–H and O–H groups in total. The molecular weight excluding hydrogens is 326 g/mol. The van der Waals surface area contributed by atoms with Gasteiger partial charge in [0.15, 0.2) is 0 Å². The molecule has 1 saturated heterocycles. The van der Waals surface area contributed by atoms with Gasteiger partial charge in [0.05, 0.1) is 11.6 Å². The highest BCUT2D eigenvalue weighted by molar-refractivity contribution is 6.01. The van der Waals surface area contributed by atoms with E-state index >= 15 is 0 Å². The standard InChI is InChI=1S/C21H23N3O2/c1-2-19(17-11-7-4-8-12-17)22-23-21(26)18-13-20(25)24(15-18)14-16-9-5-3-6-10-16/h3-12,18H,2,13-15H2,1H3,(H,23,26)/b22-19+. The van der Waals surface area contributed by atoms with Crippen molar-refractivity contribution in [1.82, 2.24) is 10.3 Å². The van der Waals surface area contributed by atoms with Crippen LogP contribution in [0.1, 0.15) is 30.9 Å². The third-order valence-corrected chi connectivity index (χ3v) is 4.54. The smallest absolute Gasteiger partial charge is 0.245 e. The van der Waals surface area contributed by atoms with Crippen molar-refractivity contribution >= 4 is 17.5 Å². The average Bonchev–Trinajstić information content (AvgIpc) is 3.04. The highest BCUT2D eigenvalue weighted by Gasteiger charge is 2.34. The van der Waals surface area contributed by atoms with Crippen molar-refractivity contribution in [2.24, 2.45) is 11.0 Å². The third kappa shape index (κ3) is 4.36. The number of nitrogens with one attached hydrogen (secondary N) is 1. The first-order valence-electron chi connectivity index (χ1n) is 8.91. The Labute approximate surface area is 153 Å². The van der Waals surface area contributed by atoms with E-state index in [-0.39, 0.29) is 24.2 Å². The number of hydrogen-bond donors (Lipinski definition) is 1. The quantitative estimate of drug-likeness (QED) is 0.644. The molecule has 1 aliphatic rings. The number of amides is 2. The SMILES string of the molecule is CC/C(=N\NC(=O)C1CC(=O)N(Cc2ccccc2)C1)c1ccccc1. The summed E-state index contributed by atoms with van der Waals surface area (Å²) in [6, 6.07) is 19.6. The minimum atomic E-state index is -0.358. The van der Waals surface area contributed by atoms with E-state index in [9.17, 15) is 9.59 Å². The second-order valence-electron chi connectivity index (χ2n) is 6.42. The Morgan fingerprint density at radius 3 is 2.42 bits per heavy atom. The number of likely N-dealkylation sites (tertiary alicyclic amines) is 1. The summed E-state index contributed by atoms with van der Waals surface area (Å²) in [7, 11) is 0. The normalized spacial score (nSPS) is 17.4. The highest BCUT2D eigenvalue weighted by Crippen LogP contribution is 2.20. The summed E-state index contributed by atoms with van der Waals surface area (Å²) in [6.45, 7) is 2.97. The van der Waals surface area contributed by atoms with Crippen LogP contribution in [0.3, 0.4) is 0 Å². The number of rotatable bonds is 6. The Morgan fingerprint density at radius 2 is 1.77 bits per heavy atom. The van der Waals surface area contributed by atoms with Crippen LogP contribution in [-0.2, 0) is 16.1 Å². The Hall–Kier alpha value is -2.95. The number of hydrogen-bond acceptors (Lipinski definition) is 3. The Balaban J connectivity index is 1.60. The largest absolute Gasteiger partial charge is 0.338 e. The van der Waals surface area contributed by atoms with Crippen LogP contribution in [0.5, 0.6) is 0 Å². The summed E-state index contributed by atoms with van der Waals surface area (Å²) in [5, 5.41) is 4.28. The number of carbonyl (C=O) groups is 2. The van der Waals surface area contributed by atoms with Gasteiger partial charge in [-0.2, -0.15) is 5.10 Å². The number of hydrazone groups is 1. The van der Waals surface area contributed by atoms with Crippen molar-refractivity contribution < 1.29 is 9.59 Å². The molecule has 2 amide bonds. The lowest BCUT2D eigenvalue weighted by atomic mass is 10.1. The molecule has 0 radical (unpaired) electrons. The fourth-order valence-corrected chi connectivity index (χ4v) is 3.10. The molecule has 1 unspecified atom stereocenters. The minimum Gasteiger partial charge on any atom is -0.338 e. The first-order valence-corrected chi connectivity index (χ1v) is 8.91. The highest BCUT2D eigenvalue weighted by atomic mass is 16.2. The number of nitrogens with zero attached hydrogens (tertiary/aromatic N) is 2. The topological polar surface area (TPSA) is 61.8 Å². The van der Waals surface area contributed by atoms with Gasteiger partial charge in [0, 0.05) is 19.5 Å². The van der Waals surface area contributed by atoms with Crippen molar-refractivity contribution in [2.75, 3.05) is 6.54 Å². The monoisotopic (exact) mass is 349 g/mol. The zero-order chi connectivity index (χ0) is 18.4. The van der Waals surface area contributed by atoms with Crippen molar-refractivity contribution in [2.45, 2.75) is 26.3 Å². The molecule has 0 aromatic heterocycles. The van der Waals surface area contributed by atoms with Crippen LogP contribution < -0.4 is 5.43 Å². The van der Waals surface area contributed by atoms with Gasteiger partial charge in [-0.3, -0.25) is 9.59 Å². The number of carbonyl (C=O) groups excluding carboxylic acids is 2. The van der Waals surface area contributed by atoms with Gasteiger partial charge in [-0.15, -0.1) is 0 Å². The molecular formula is C21H23N3O2. The molecule has 2 aromatic rings. The van der Waals surface area contributed by atoms with Crippen LogP contribution in [0, 0.1) is 5.92 Å². The summed E-state index contributed by atoms with van der Waals surface area (Å²) in [5.74, 6) is -0.545. The Morgan fingerprint density at radius 1 is 1.12 bits per heavy atom. The van der Waals surface area contributed by atoms with Crippen molar-refractivity contribution in [1.29, 1.82) is 0 Å². The van der Waals surface area contributed by atoms with Gasteiger partial charge < -0.3 is 4.90 Å². The van der Waals surface area contributed by atoms with Gasteiger partial charge in [0.25, 0.3) is 0 Å². The molecule has 3 rings (SSSR count). The molecule has 26 heavy (non-hydrogen) atoms. The predicted molar refractivity (Wildman–Crippen MR) is 101 cm³/mol. The molecule has 0 spiro atoms. The molecule has 1 heterocycles. The van der Waals surface area contributed by atoms with Gasteiger partial charge >= 0.3 is 0 Å². The summed E-state index contributed by atoms with van der Waals surface area (Å²) in [5.41, 5.74) is 5.53. The third-order valence-electron chi connectivity index (χ3n) is 4.54. The van der Waals surface area contributed by atoms with Gasteiger partial charge in [-0.1, -0.05) is 67.6 Å². The fourth-order valence-electron chi connectivity index (χ4n) is 3.10. The molecule has 5 nitrogen and oxygen atoms in total. The van der Waals surface area contributed by atoms with E-state index in [0.29, 0.717) is 19.5 Å². The van der Waals surface area contributed by atoms with Crippen LogP contribution in [0.2, 0.25) is 0 Å². The van der Waals surface area contributed by atoms with Crippen LogP contribution in [0.4, 0.5) is 0 Å². The van der Waals surface area contributed by atoms with Crippen LogP contribution in [0.25, 0.3) is 0 Å². The molecule has 5 heteroatoms. The van der Waals surface area contributed by atoms with Gasteiger partial charge in [-0.05, 0) is 17.5 Å². The summed E-state index contributed by atoms with van der Waals surface area (Å²) in [4.78, 5) is 26.4. The van der Waals surface area contributed by atoms with E-state index in [4.69, 9.17) is 0 Å². The van der Waals surface area contributed by atoms with Crippen molar-refractivity contribution in [3.05, 3.63) is 71.8 Å². The van der Waals surface area contributed by atoms with E-state index in [1.807, 2.05) is 67.6 Å². The fraction of sp³-hybridized carbons (Fsp3) is 0.286. The maximum atomic E-state index is 12.4. The first-order chi connectivity index (χ1) is 12.7. The average molecular weight is 349 g/mol. The van der Waals surface area contributed by atoms with Gasteiger partial charge in [-0.25, -0.2) is 5.43 Å². The zero-order valence-corrected chi connectivity index (χ0v) is 14.9. The van der Waals surface area contributed by atoms with Crippen molar-refractivity contribution in [3.8, 4) is 0 Å². The van der Waals surface area contributed by atoms with E-state index in [2.05, 4.69) is 10.5 Å². The maximum Gasteiger partial charge on any atom is 0.245 e. The van der Waals surface area contributed by atoms with Crippen molar-refractivity contribution in [3.63, 3.8) is 0 Å². The molecule has 0 aliphatic carbocycles. The zero-order valence-electron chi connectivity index (χ0n) is 14.9. The maximum absolute atomic E-state index is 12.4. The molecule has 0 bridgehead atoms. The molecule has 0 saturated carbocycles. The Kier molecular flexibility index (Phi) is 5.79. The van der Waals surface area contributed by atoms with Crippen LogP contribution >= 0.6 is 0 Å². The second kappa shape index (κ2) is 8.43. The van der Waals surface area contributed by atoms with Gasteiger partial charge in [0.2, 0.25) is 11.8 Å². The summed E-state index contributed by atoms with van der Waals surface area (Å²) < 4.78 is 0. The first kappa shape index (κ1) is 17.9. The molecule has 134 valence electrons. The summed E-state index contributed by atoms with van der Waals surface area (Å²) in [6.07, 6.45) is 0.953. The van der Waals surface area contributed by atoms with E-state index in [1.54, 1.807) is 4.90 Å². The minimum absolute atomic E-state index is 0.0109. The van der Waals surface area contributed by atoms with E-state index < -0.39 is 0 Å². The van der Waals surface area contributed by atoms with E-state index in [1.165, 1.54) is 0 Å².